The van der Waals surface area contributed by atoms with Crippen molar-refractivity contribution < 1.29 is 13.2 Å². The molecule has 1 heterocycles. The van der Waals surface area contributed by atoms with Gasteiger partial charge in [-0.1, -0.05) is 5.21 Å². The number of hydrogen-bond acceptors (Lipinski definition) is 3. The third kappa shape index (κ3) is 2.90. The highest BCUT2D eigenvalue weighted by atomic mass is 19.4. The van der Waals surface area contributed by atoms with E-state index in [1.165, 1.54) is 6.08 Å². The fourth-order valence-electron chi connectivity index (χ4n) is 0.810. The second kappa shape index (κ2) is 3.91. The monoisotopic (exact) mass is 202 g/mol. The Morgan fingerprint density at radius 2 is 2.29 bits per heavy atom. The number of halogens is 3. The van der Waals surface area contributed by atoms with E-state index in [2.05, 4.69) is 10.3 Å². The number of aromatic nitrogens is 3. The van der Waals surface area contributed by atoms with E-state index < -0.39 is 12.7 Å². The fourth-order valence-corrected chi connectivity index (χ4v) is 0.810. The lowest BCUT2D eigenvalue weighted by Gasteiger charge is -2.06. The van der Waals surface area contributed by atoms with Crippen LogP contribution in [0.15, 0.2) is 12.3 Å². The van der Waals surface area contributed by atoms with Gasteiger partial charge < -0.3 is 0 Å². The third-order valence-electron chi connectivity index (χ3n) is 1.31. The highest BCUT2D eigenvalue weighted by Crippen LogP contribution is 2.17. The van der Waals surface area contributed by atoms with Gasteiger partial charge in [-0.2, -0.15) is 18.4 Å². The van der Waals surface area contributed by atoms with E-state index in [-0.39, 0.29) is 5.69 Å². The topological polar surface area (TPSA) is 54.5 Å². The van der Waals surface area contributed by atoms with Gasteiger partial charge in [0.25, 0.3) is 0 Å². The van der Waals surface area contributed by atoms with Gasteiger partial charge in [-0.3, -0.25) is 0 Å². The van der Waals surface area contributed by atoms with Gasteiger partial charge in [0.05, 0.1) is 18.0 Å². The molecule has 0 unspecified atom stereocenters. The molecule has 1 aromatic rings. The number of hydrogen-bond donors (Lipinski definition) is 0. The van der Waals surface area contributed by atoms with Crippen LogP contribution in [0.25, 0.3) is 6.08 Å². The van der Waals surface area contributed by atoms with Gasteiger partial charge in [-0.25, -0.2) is 4.68 Å². The van der Waals surface area contributed by atoms with Gasteiger partial charge in [0.1, 0.15) is 6.54 Å². The molecule has 0 aromatic carbocycles. The first-order valence-electron chi connectivity index (χ1n) is 3.54. The van der Waals surface area contributed by atoms with Crippen LogP contribution in [0.3, 0.4) is 0 Å². The molecule has 0 aliphatic heterocycles. The van der Waals surface area contributed by atoms with Crippen molar-refractivity contribution in [2.24, 2.45) is 0 Å². The Morgan fingerprint density at radius 1 is 1.57 bits per heavy atom. The summed E-state index contributed by atoms with van der Waals surface area (Å²) >= 11 is 0. The maximum atomic E-state index is 11.9. The minimum atomic E-state index is -4.34. The van der Waals surface area contributed by atoms with Crippen molar-refractivity contribution in [3.05, 3.63) is 18.0 Å². The zero-order valence-corrected chi connectivity index (χ0v) is 6.86. The molecule has 74 valence electrons. The van der Waals surface area contributed by atoms with Gasteiger partial charge >= 0.3 is 6.18 Å². The summed E-state index contributed by atoms with van der Waals surface area (Å²) in [5, 5.41) is 14.7. The molecule has 0 aliphatic carbocycles. The van der Waals surface area contributed by atoms with E-state index in [0.29, 0.717) is 4.68 Å². The van der Waals surface area contributed by atoms with Crippen LogP contribution in [-0.4, -0.2) is 21.2 Å². The van der Waals surface area contributed by atoms with Crippen LogP contribution >= 0.6 is 0 Å². The summed E-state index contributed by atoms with van der Waals surface area (Å²) in [6.45, 7) is -1.21. The van der Waals surface area contributed by atoms with Crippen LogP contribution in [0.1, 0.15) is 5.69 Å². The second-order valence-electron chi connectivity index (χ2n) is 2.39. The first-order valence-corrected chi connectivity index (χ1v) is 3.54. The first kappa shape index (κ1) is 10.2. The molecule has 0 saturated carbocycles. The smallest absolute Gasteiger partial charge is 0.236 e. The first-order chi connectivity index (χ1) is 6.53. The number of nitriles is 1. The molecule has 0 atom stereocenters. The average molecular weight is 202 g/mol. The largest absolute Gasteiger partial charge is 0.408 e. The van der Waals surface area contributed by atoms with Crippen LogP contribution in [0, 0.1) is 11.3 Å². The number of alkyl halides is 3. The normalized spacial score (nSPS) is 11.9. The van der Waals surface area contributed by atoms with Crippen molar-refractivity contribution in [3.8, 4) is 6.07 Å². The van der Waals surface area contributed by atoms with Crippen LogP contribution in [0.4, 0.5) is 13.2 Å². The molecular weight excluding hydrogens is 197 g/mol. The third-order valence-corrected chi connectivity index (χ3v) is 1.31. The van der Waals surface area contributed by atoms with Crippen molar-refractivity contribution in [3.63, 3.8) is 0 Å². The van der Waals surface area contributed by atoms with Gasteiger partial charge in [-0.05, 0) is 6.08 Å². The van der Waals surface area contributed by atoms with Crippen molar-refractivity contribution in [2.75, 3.05) is 0 Å². The second-order valence-corrected chi connectivity index (χ2v) is 2.39. The number of allylic oxidation sites excluding steroid dienone is 1. The van der Waals surface area contributed by atoms with Crippen molar-refractivity contribution in [1.29, 1.82) is 5.26 Å². The highest BCUT2D eigenvalue weighted by Gasteiger charge is 2.29. The number of nitrogens with zero attached hydrogens (tertiary/aromatic N) is 4. The summed E-state index contributed by atoms with van der Waals surface area (Å²) < 4.78 is 36.5. The number of rotatable bonds is 2. The van der Waals surface area contributed by atoms with Gasteiger partial charge in [0.2, 0.25) is 0 Å². The Kier molecular flexibility index (Phi) is 2.86. The van der Waals surface area contributed by atoms with Crippen molar-refractivity contribution in [1.82, 2.24) is 15.0 Å². The van der Waals surface area contributed by atoms with Crippen molar-refractivity contribution in [2.45, 2.75) is 12.7 Å². The van der Waals surface area contributed by atoms with Crippen LogP contribution in [0.2, 0.25) is 0 Å². The Bertz CT molecular complexity index is 371. The van der Waals surface area contributed by atoms with E-state index in [4.69, 9.17) is 5.26 Å². The van der Waals surface area contributed by atoms with Crippen LogP contribution < -0.4 is 0 Å². The lowest BCUT2D eigenvalue weighted by Crippen LogP contribution is -2.19. The quantitative estimate of drug-likeness (QED) is 0.680. The molecule has 0 amide bonds. The predicted molar refractivity (Wildman–Crippen MR) is 40.7 cm³/mol. The minimum Gasteiger partial charge on any atom is -0.236 e. The fraction of sp³-hybridized carbons (Fsp3) is 0.286. The molecule has 0 aliphatic rings. The zero-order chi connectivity index (χ0) is 10.6. The standard InChI is InChI=1S/C7H5F3N4/c8-7(9,10)5-14-6(2-1-3-11)4-12-13-14/h1-2,4H,5H2/b2-1+. The van der Waals surface area contributed by atoms with E-state index in [0.717, 1.165) is 12.3 Å². The van der Waals surface area contributed by atoms with Gasteiger partial charge in [-0.15, -0.1) is 5.10 Å². The molecule has 0 N–H and O–H groups in total. The zero-order valence-electron chi connectivity index (χ0n) is 6.86. The van der Waals surface area contributed by atoms with E-state index in [1.54, 1.807) is 6.07 Å². The lowest BCUT2D eigenvalue weighted by molar-refractivity contribution is -0.142. The van der Waals surface area contributed by atoms with Gasteiger partial charge in [0, 0.05) is 6.08 Å². The SMILES string of the molecule is N#C/C=C/c1cnnn1CC(F)(F)F. The highest BCUT2D eigenvalue weighted by molar-refractivity contribution is 5.46. The minimum absolute atomic E-state index is 0.142. The molecule has 0 spiro atoms. The maximum absolute atomic E-state index is 11.9. The molecule has 0 bridgehead atoms. The average Bonchev–Trinajstić information content (AvgIpc) is 2.45. The van der Waals surface area contributed by atoms with Gasteiger partial charge in [0.15, 0.2) is 0 Å². The van der Waals surface area contributed by atoms with Crippen LogP contribution in [-0.2, 0) is 6.54 Å². The lowest BCUT2D eigenvalue weighted by atomic mass is 10.4. The Hall–Kier alpha value is -1.84. The summed E-state index contributed by atoms with van der Waals surface area (Å²) in [6, 6.07) is 1.67. The molecule has 7 heteroatoms. The van der Waals surface area contributed by atoms with E-state index in [9.17, 15) is 13.2 Å². The molecule has 0 fully saturated rings. The Balaban J connectivity index is 2.84. The Labute approximate surface area is 77.3 Å². The van der Waals surface area contributed by atoms with E-state index in [1.807, 2.05) is 0 Å². The van der Waals surface area contributed by atoms with Crippen LogP contribution in [0.5, 0.6) is 0 Å². The predicted octanol–water partition coefficient (Wildman–Crippen LogP) is 1.38. The summed E-state index contributed by atoms with van der Waals surface area (Å²) in [7, 11) is 0. The molecule has 1 aromatic heterocycles. The summed E-state index contributed by atoms with van der Waals surface area (Å²) in [5.41, 5.74) is 0.142. The Morgan fingerprint density at radius 3 is 2.86 bits per heavy atom. The molecule has 1 rings (SSSR count). The van der Waals surface area contributed by atoms with Crippen molar-refractivity contribution >= 4 is 6.08 Å². The maximum Gasteiger partial charge on any atom is 0.408 e. The summed E-state index contributed by atoms with van der Waals surface area (Å²) in [4.78, 5) is 0. The summed E-state index contributed by atoms with van der Waals surface area (Å²) in [6.07, 6.45) is -0.917. The molecule has 4 nitrogen and oxygen atoms in total. The molecular formula is C7H5F3N4. The summed E-state index contributed by atoms with van der Waals surface area (Å²) in [5.74, 6) is 0. The van der Waals surface area contributed by atoms with E-state index >= 15 is 0 Å². The molecule has 0 saturated heterocycles. The molecule has 14 heavy (non-hydrogen) atoms. The molecule has 0 radical (unpaired) electrons.